The van der Waals surface area contributed by atoms with Crippen molar-refractivity contribution in [2.45, 2.75) is 56.5 Å². The number of aryl methyl sites for hydroxylation is 2. The summed E-state index contributed by atoms with van der Waals surface area (Å²) in [5.74, 6) is 0.528. The summed E-state index contributed by atoms with van der Waals surface area (Å²) < 4.78 is 30.5. The van der Waals surface area contributed by atoms with Crippen molar-refractivity contribution in [1.29, 1.82) is 0 Å². The van der Waals surface area contributed by atoms with Crippen LogP contribution in [0.1, 0.15) is 55.1 Å². The molecule has 0 saturated carbocycles. The van der Waals surface area contributed by atoms with Gasteiger partial charge in [0.2, 0.25) is 10.0 Å². The first-order valence-corrected chi connectivity index (χ1v) is 14.2. The van der Waals surface area contributed by atoms with Gasteiger partial charge in [-0.05, 0) is 88.6 Å². The summed E-state index contributed by atoms with van der Waals surface area (Å²) in [6.45, 7) is 7.93. The third-order valence-corrected chi connectivity index (χ3v) is 9.20. The number of hydrogen-bond acceptors (Lipinski definition) is 4. The van der Waals surface area contributed by atoms with Gasteiger partial charge in [-0.3, -0.25) is 4.68 Å². The van der Waals surface area contributed by atoms with Crippen molar-refractivity contribution >= 4 is 21.6 Å². The van der Waals surface area contributed by atoms with Crippen LogP contribution in [-0.4, -0.2) is 54.1 Å². The van der Waals surface area contributed by atoms with Crippen LogP contribution in [0.25, 0.3) is 0 Å². The molecule has 3 aromatic rings. The Balaban J connectivity index is 1.46. The zero-order chi connectivity index (χ0) is 25.0. The zero-order valence-corrected chi connectivity index (χ0v) is 22.3. The van der Waals surface area contributed by atoms with Gasteiger partial charge in [-0.2, -0.15) is 9.40 Å². The Morgan fingerprint density at radius 3 is 2.37 bits per heavy atom. The summed E-state index contributed by atoms with van der Waals surface area (Å²) in [6.07, 6.45) is 2.89. The van der Waals surface area contributed by atoms with Crippen molar-refractivity contribution in [3.05, 3.63) is 82.6 Å². The molecule has 0 bridgehead atoms. The van der Waals surface area contributed by atoms with E-state index in [2.05, 4.69) is 34.6 Å². The molecule has 0 N–H and O–H groups in total. The van der Waals surface area contributed by atoms with Crippen molar-refractivity contribution < 1.29 is 8.42 Å². The number of aromatic nitrogens is 2. The number of hydrogen-bond donors (Lipinski definition) is 0. The van der Waals surface area contributed by atoms with E-state index >= 15 is 0 Å². The topological polar surface area (TPSA) is 58.4 Å². The van der Waals surface area contributed by atoms with Crippen LogP contribution in [0.2, 0.25) is 5.02 Å². The van der Waals surface area contributed by atoms with E-state index < -0.39 is 10.0 Å². The fraction of sp³-hybridized carbons (Fsp3) is 0.444. The lowest BCUT2D eigenvalue weighted by molar-refractivity contribution is 0.190. The van der Waals surface area contributed by atoms with Gasteiger partial charge in [-0.25, -0.2) is 8.42 Å². The van der Waals surface area contributed by atoms with E-state index in [1.54, 1.807) is 31.3 Å². The molecule has 0 spiro atoms. The van der Waals surface area contributed by atoms with Gasteiger partial charge in [0.05, 0.1) is 16.6 Å². The largest absolute Gasteiger partial charge is 0.303 e. The van der Waals surface area contributed by atoms with E-state index in [4.69, 9.17) is 11.6 Å². The van der Waals surface area contributed by atoms with E-state index in [0.717, 1.165) is 50.3 Å². The Morgan fingerprint density at radius 1 is 1.09 bits per heavy atom. The van der Waals surface area contributed by atoms with E-state index in [0.29, 0.717) is 22.3 Å². The number of likely N-dealkylation sites (tertiary alicyclic amines) is 1. The quantitative estimate of drug-likeness (QED) is 0.378. The lowest BCUT2D eigenvalue weighted by atomic mass is 9.92. The monoisotopic (exact) mass is 514 g/mol. The lowest BCUT2D eigenvalue weighted by Gasteiger charge is -2.34. The third-order valence-electron chi connectivity index (χ3n) is 7.07. The Morgan fingerprint density at radius 2 is 1.74 bits per heavy atom. The molecule has 2 aromatic carbocycles. The molecule has 188 valence electrons. The van der Waals surface area contributed by atoms with E-state index in [1.165, 1.54) is 10.00 Å². The van der Waals surface area contributed by atoms with Gasteiger partial charge in [0, 0.05) is 30.2 Å². The summed E-state index contributed by atoms with van der Waals surface area (Å²) in [5, 5.41) is 5.26. The minimum absolute atomic E-state index is 0.278. The van der Waals surface area contributed by atoms with Gasteiger partial charge in [0.15, 0.2) is 0 Å². The second-order valence-electron chi connectivity index (χ2n) is 9.33. The molecule has 0 amide bonds. The second kappa shape index (κ2) is 11.2. The maximum atomic E-state index is 13.4. The molecule has 0 aliphatic carbocycles. The first kappa shape index (κ1) is 25.9. The molecule has 1 aromatic heterocycles. The SMILES string of the molecule is CCn1nc(C)cc1C1CCN(CCC(c2ccc(Cl)cc2)N(C)S(=O)(=O)c2ccccc2)CC1. The van der Waals surface area contributed by atoms with Crippen LogP contribution < -0.4 is 0 Å². The lowest BCUT2D eigenvalue weighted by Crippen LogP contribution is -2.37. The highest BCUT2D eigenvalue weighted by Crippen LogP contribution is 2.32. The molecule has 35 heavy (non-hydrogen) atoms. The van der Waals surface area contributed by atoms with Gasteiger partial charge in [0.25, 0.3) is 0 Å². The fourth-order valence-corrected chi connectivity index (χ4v) is 6.60. The number of nitrogens with zero attached hydrogens (tertiary/aromatic N) is 4. The summed E-state index contributed by atoms with van der Waals surface area (Å²) >= 11 is 6.12. The molecular formula is C27H35ClN4O2S. The van der Waals surface area contributed by atoms with Crippen LogP contribution in [0.4, 0.5) is 0 Å². The molecule has 1 unspecified atom stereocenters. The maximum Gasteiger partial charge on any atom is 0.243 e. The predicted octanol–water partition coefficient (Wildman–Crippen LogP) is 5.50. The van der Waals surface area contributed by atoms with E-state index in [9.17, 15) is 8.42 Å². The van der Waals surface area contributed by atoms with Crippen LogP contribution in [0, 0.1) is 6.92 Å². The molecule has 1 atom stereocenters. The van der Waals surface area contributed by atoms with Crippen molar-refractivity contribution in [2.75, 3.05) is 26.7 Å². The van der Waals surface area contributed by atoms with E-state index in [1.807, 2.05) is 30.3 Å². The second-order valence-corrected chi connectivity index (χ2v) is 11.8. The normalized spacial score (nSPS) is 16.6. The van der Waals surface area contributed by atoms with Crippen LogP contribution >= 0.6 is 11.6 Å². The predicted molar refractivity (Wildman–Crippen MR) is 141 cm³/mol. The molecule has 1 aliphatic rings. The van der Waals surface area contributed by atoms with Crippen molar-refractivity contribution in [1.82, 2.24) is 19.0 Å². The Hall–Kier alpha value is -2.19. The first-order valence-electron chi connectivity index (χ1n) is 12.3. The molecule has 1 saturated heterocycles. The number of sulfonamides is 1. The summed E-state index contributed by atoms with van der Waals surface area (Å²) in [6, 6.07) is 18.1. The minimum Gasteiger partial charge on any atom is -0.303 e. The van der Waals surface area contributed by atoms with Crippen LogP contribution in [0.15, 0.2) is 65.6 Å². The van der Waals surface area contributed by atoms with Gasteiger partial charge in [-0.1, -0.05) is 41.9 Å². The molecule has 1 aliphatic heterocycles. The molecule has 1 fully saturated rings. The van der Waals surface area contributed by atoms with Gasteiger partial charge in [-0.15, -0.1) is 0 Å². The number of piperidine rings is 1. The Kier molecular flexibility index (Phi) is 8.32. The number of halogens is 1. The van der Waals surface area contributed by atoms with Gasteiger partial charge in [0.1, 0.15) is 0 Å². The van der Waals surface area contributed by atoms with Gasteiger partial charge < -0.3 is 4.90 Å². The highest BCUT2D eigenvalue weighted by atomic mass is 35.5. The molecule has 2 heterocycles. The molecule has 4 rings (SSSR count). The van der Waals surface area contributed by atoms with Crippen LogP contribution in [-0.2, 0) is 16.6 Å². The fourth-order valence-electron chi connectivity index (χ4n) is 5.07. The summed E-state index contributed by atoms with van der Waals surface area (Å²) in [4.78, 5) is 2.77. The van der Waals surface area contributed by atoms with Crippen LogP contribution in [0.5, 0.6) is 0 Å². The van der Waals surface area contributed by atoms with Crippen molar-refractivity contribution in [3.8, 4) is 0 Å². The van der Waals surface area contributed by atoms with E-state index in [-0.39, 0.29) is 6.04 Å². The molecular weight excluding hydrogens is 480 g/mol. The number of benzene rings is 2. The van der Waals surface area contributed by atoms with Crippen LogP contribution in [0.3, 0.4) is 0 Å². The highest BCUT2D eigenvalue weighted by molar-refractivity contribution is 7.89. The smallest absolute Gasteiger partial charge is 0.243 e. The summed E-state index contributed by atoms with van der Waals surface area (Å²) in [5.41, 5.74) is 3.38. The Bertz CT molecular complexity index is 1200. The zero-order valence-electron chi connectivity index (χ0n) is 20.8. The minimum atomic E-state index is -3.63. The molecule has 8 heteroatoms. The average Bonchev–Trinajstić information content (AvgIpc) is 3.26. The standard InChI is InChI=1S/C27H35ClN4O2S/c1-4-32-27(20-21(2)29-32)23-14-17-31(18-15-23)19-16-26(22-10-12-24(28)13-11-22)30(3)35(33,34)25-8-6-5-7-9-25/h5-13,20,23,26H,4,14-19H2,1-3H3. The first-order chi connectivity index (χ1) is 16.8. The number of rotatable bonds is 9. The Labute approximate surface area is 214 Å². The third kappa shape index (κ3) is 5.97. The van der Waals surface area contributed by atoms with Gasteiger partial charge >= 0.3 is 0 Å². The molecule has 0 radical (unpaired) electrons. The average molecular weight is 515 g/mol. The highest BCUT2D eigenvalue weighted by Gasteiger charge is 2.30. The molecule has 6 nitrogen and oxygen atoms in total. The summed E-state index contributed by atoms with van der Waals surface area (Å²) in [7, 11) is -1.94. The van der Waals surface area contributed by atoms with Crippen molar-refractivity contribution in [3.63, 3.8) is 0 Å². The van der Waals surface area contributed by atoms with Crippen molar-refractivity contribution in [2.24, 2.45) is 0 Å². The maximum absolute atomic E-state index is 13.4.